The lowest BCUT2D eigenvalue weighted by atomic mass is 10.1. The summed E-state index contributed by atoms with van der Waals surface area (Å²) >= 11 is 1.23. The molecule has 1 heterocycles. The molecule has 0 N–H and O–H groups in total. The highest BCUT2D eigenvalue weighted by Gasteiger charge is 2.52. The molecule has 0 unspecified atom stereocenters. The lowest BCUT2D eigenvalue weighted by molar-refractivity contribution is -0.128. The second-order valence-electron chi connectivity index (χ2n) is 3.43. The van der Waals surface area contributed by atoms with Crippen LogP contribution in [0.1, 0.15) is 25.7 Å². The van der Waals surface area contributed by atoms with Gasteiger partial charge in [-0.15, -0.1) is 0 Å². The zero-order valence-electron chi connectivity index (χ0n) is 7.00. The Morgan fingerprint density at radius 2 is 1.92 bits per heavy atom. The van der Waals surface area contributed by atoms with Crippen LogP contribution in [0.15, 0.2) is 0 Å². The van der Waals surface area contributed by atoms with E-state index >= 15 is 0 Å². The third-order valence-corrected chi connectivity index (χ3v) is 4.08. The molecule has 3 nitrogen and oxygen atoms in total. The lowest BCUT2D eigenvalue weighted by Crippen LogP contribution is -2.35. The van der Waals surface area contributed by atoms with Crippen molar-refractivity contribution in [1.29, 1.82) is 0 Å². The van der Waals surface area contributed by atoms with Crippen LogP contribution in [0, 0.1) is 0 Å². The van der Waals surface area contributed by atoms with Crippen molar-refractivity contribution < 1.29 is 9.59 Å². The monoisotopic (exact) mass is 185 g/mol. The number of rotatable bonds is 0. The molecule has 2 amide bonds. The van der Waals surface area contributed by atoms with Gasteiger partial charge in [-0.3, -0.25) is 14.5 Å². The van der Waals surface area contributed by atoms with Crippen molar-refractivity contribution in [2.45, 2.75) is 30.4 Å². The largest absolute Gasteiger partial charge is 0.289 e. The normalized spacial score (nSPS) is 27.6. The van der Waals surface area contributed by atoms with E-state index in [4.69, 9.17) is 0 Å². The van der Waals surface area contributed by atoms with Crippen LogP contribution in [-0.2, 0) is 4.79 Å². The van der Waals surface area contributed by atoms with Crippen molar-refractivity contribution in [2.75, 3.05) is 7.05 Å². The Balaban J connectivity index is 2.29. The topological polar surface area (TPSA) is 37.4 Å². The summed E-state index contributed by atoms with van der Waals surface area (Å²) in [5, 5.41) is -0.0816. The van der Waals surface area contributed by atoms with E-state index in [1.165, 1.54) is 16.7 Å². The Kier molecular flexibility index (Phi) is 1.68. The van der Waals surface area contributed by atoms with Gasteiger partial charge < -0.3 is 0 Å². The molecular formula is C8H11NO2S. The van der Waals surface area contributed by atoms with Crippen LogP contribution >= 0.6 is 11.8 Å². The smallest absolute Gasteiger partial charge is 0.275 e. The minimum atomic E-state index is -0.355. The average molecular weight is 185 g/mol. The molecule has 0 radical (unpaired) electrons. The van der Waals surface area contributed by atoms with Crippen LogP contribution < -0.4 is 0 Å². The number of hydrogen-bond acceptors (Lipinski definition) is 3. The Labute approximate surface area is 75.5 Å². The molecule has 0 aromatic heterocycles. The summed E-state index contributed by atoms with van der Waals surface area (Å²) in [6, 6.07) is 0. The molecule has 1 aliphatic carbocycles. The minimum Gasteiger partial charge on any atom is -0.275 e. The maximum Gasteiger partial charge on any atom is 0.289 e. The van der Waals surface area contributed by atoms with Crippen molar-refractivity contribution in [3.05, 3.63) is 0 Å². The van der Waals surface area contributed by atoms with Gasteiger partial charge in [0.1, 0.15) is 4.75 Å². The molecule has 1 saturated heterocycles. The van der Waals surface area contributed by atoms with Gasteiger partial charge in [-0.1, -0.05) is 12.8 Å². The first-order valence-electron chi connectivity index (χ1n) is 4.17. The Morgan fingerprint density at radius 1 is 1.33 bits per heavy atom. The summed E-state index contributed by atoms with van der Waals surface area (Å²) in [5.41, 5.74) is 0. The van der Waals surface area contributed by atoms with Crippen LogP contribution in [0.5, 0.6) is 0 Å². The van der Waals surface area contributed by atoms with E-state index in [0.717, 1.165) is 25.7 Å². The fraction of sp³-hybridized carbons (Fsp3) is 0.750. The second-order valence-corrected chi connectivity index (χ2v) is 4.77. The van der Waals surface area contributed by atoms with Crippen LogP contribution in [0.4, 0.5) is 4.79 Å². The van der Waals surface area contributed by atoms with Gasteiger partial charge in [-0.2, -0.15) is 0 Å². The fourth-order valence-corrected chi connectivity index (χ4v) is 3.20. The molecule has 4 heteroatoms. The Hall–Kier alpha value is -0.510. The molecule has 2 aliphatic rings. The van der Waals surface area contributed by atoms with Gasteiger partial charge in [0.2, 0.25) is 5.91 Å². The minimum absolute atomic E-state index is 0.0231. The quantitative estimate of drug-likeness (QED) is 0.575. The first kappa shape index (κ1) is 8.10. The lowest BCUT2D eigenvalue weighted by Gasteiger charge is -2.16. The van der Waals surface area contributed by atoms with Crippen LogP contribution in [-0.4, -0.2) is 27.8 Å². The van der Waals surface area contributed by atoms with Gasteiger partial charge >= 0.3 is 0 Å². The average Bonchev–Trinajstić information content (AvgIpc) is 2.57. The summed E-state index contributed by atoms with van der Waals surface area (Å²) in [5.74, 6) is 0.0231. The molecular weight excluding hydrogens is 174 g/mol. The summed E-state index contributed by atoms with van der Waals surface area (Å²) in [6.07, 6.45) is 3.93. The van der Waals surface area contributed by atoms with Crippen LogP contribution in [0.25, 0.3) is 0 Å². The fourth-order valence-electron chi connectivity index (χ4n) is 1.93. The third kappa shape index (κ3) is 0.905. The molecule has 0 bridgehead atoms. The Morgan fingerprint density at radius 3 is 2.33 bits per heavy atom. The molecule has 0 aromatic rings. The molecule has 12 heavy (non-hydrogen) atoms. The molecule has 2 rings (SSSR count). The number of carbonyl (C=O) groups excluding carboxylic acids is 2. The van der Waals surface area contributed by atoms with Gasteiger partial charge in [0.15, 0.2) is 0 Å². The number of thioether (sulfide) groups is 1. The maximum atomic E-state index is 11.6. The molecule has 2 fully saturated rings. The predicted molar refractivity (Wildman–Crippen MR) is 47.0 cm³/mol. The first-order chi connectivity index (χ1) is 5.66. The number of amides is 2. The highest BCUT2D eigenvalue weighted by atomic mass is 32.2. The van der Waals surface area contributed by atoms with Gasteiger partial charge in [0.25, 0.3) is 5.24 Å². The predicted octanol–water partition coefficient (Wildman–Crippen LogP) is 1.62. The van der Waals surface area contributed by atoms with E-state index in [-0.39, 0.29) is 15.9 Å². The molecule has 0 atom stereocenters. The van der Waals surface area contributed by atoms with E-state index in [1.54, 1.807) is 7.05 Å². The molecule has 1 saturated carbocycles. The summed E-state index contributed by atoms with van der Waals surface area (Å²) in [6.45, 7) is 0. The van der Waals surface area contributed by atoms with Crippen molar-refractivity contribution >= 4 is 22.9 Å². The number of nitrogens with zero attached hydrogens (tertiary/aromatic N) is 1. The van der Waals surface area contributed by atoms with Crippen LogP contribution in [0.2, 0.25) is 0 Å². The molecule has 1 aliphatic heterocycles. The SMILES string of the molecule is CN1C(=O)SC2(CCCC2)C1=O. The van der Waals surface area contributed by atoms with E-state index in [9.17, 15) is 9.59 Å². The molecule has 1 spiro atoms. The summed E-state index contributed by atoms with van der Waals surface area (Å²) in [7, 11) is 1.57. The van der Waals surface area contributed by atoms with Crippen LogP contribution in [0.3, 0.4) is 0 Å². The van der Waals surface area contributed by atoms with Gasteiger partial charge in [-0.05, 0) is 24.6 Å². The van der Waals surface area contributed by atoms with Gasteiger partial charge in [0.05, 0.1) is 0 Å². The zero-order chi connectivity index (χ0) is 8.77. The highest BCUT2D eigenvalue weighted by Crippen LogP contribution is 2.47. The summed E-state index contributed by atoms with van der Waals surface area (Å²) < 4.78 is -0.355. The van der Waals surface area contributed by atoms with Crippen molar-refractivity contribution in [2.24, 2.45) is 0 Å². The molecule has 66 valence electrons. The first-order valence-corrected chi connectivity index (χ1v) is 4.98. The number of hydrogen-bond donors (Lipinski definition) is 0. The van der Waals surface area contributed by atoms with Gasteiger partial charge in [0, 0.05) is 7.05 Å². The summed E-state index contributed by atoms with van der Waals surface area (Å²) in [4.78, 5) is 24.1. The third-order valence-electron chi connectivity index (χ3n) is 2.66. The van der Waals surface area contributed by atoms with E-state index < -0.39 is 0 Å². The van der Waals surface area contributed by atoms with E-state index in [0.29, 0.717) is 0 Å². The Bertz CT molecular complexity index is 245. The van der Waals surface area contributed by atoms with Gasteiger partial charge in [-0.25, -0.2) is 0 Å². The molecule has 0 aromatic carbocycles. The van der Waals surface area contributed by atoms with E-state index in [2.05, 4.69) is 0 Å². The number of carbonyl (C=O) groups is 2. The standard InChI is InChI=1S/C8H11NO2S/c1-9-6(10)8(12-7(9)11)4-2-3-5-8/h2-5H2,1H3. The maximum absolute atomic E-state index is 11.6. The van der Waals surface area contributed by atoms with Crippen molar-refractivity contribution in [1.82, 2.24) is 4.90 Å². The van der Waals surface area contributed by atoms with E-state index in [1.807, 2.05) is 0 Å². The van der Waals surface area contributed by atoms with Crippen molar-refractivity contribution in [3.8, 4) is 0 Å². The zero-order valence-corrected chi connectivity index (χ0v) is 7.82. The number of imide groups is 1. The van der Waals surface area contributed by atoms with Crippen molar-refractivity contribution in [3.63, 3.8) is 0 Å². The second kappa shape index (κ2) is 2.49. The highest BCUT2D eigenvalue weighted by molar-refractivity contribution is 8.16.